The van der Waals surface area contributed by atoms with E-state index < -0.39 is 0 Å². The van der Waals surface area contributed by atoms with Crippen molar-refractivity contribution in [2.75, 3.05) is 13.7 Å². The number of hydrogen-bond acceptors (Lipinski definition) is 4. The topological polar surface area (TPSA) is 64.4 Å². The van der Waals surface area contributed by atoms with Crippen LogP contribution in [0.3, 0.4) is 0 Å². The van der Waals surface area contributed by atoms with Gasteiger partial charge >= 0.3 is 0 Å². The zero-order chi connectivity index (χ0) is 18.5. The Morgan fingerprint density at radius 3 is 2.73 bits per heavy atom. The van der Waals surface area contributed by atoms with Crippen LogP contribution in [0.15, 0.2) is 53.1 Å². The van der Waals surface area contributed by atoms with Crippen LogP contribution in [0.1, 0.15) is 27.2 Å². The van der Waals surface area contributed by atoms with E-state index >= 15 is 0 Å². The number of aromatic nitrogens is 1. The molecule has 0 aliphatic carbocycles. The highest BCUT2D eigenvalue weighted by Gasteiger charge is 2.22. The average molecular weight is 350 g/mol. The Balaban J connectivity index is 1.72. The lowest BCUT2D eigenvalue weighted by atomic mass is 10.0. The molecule has 5 nitrogen and oxygen atoms in total. The summed E-state index contributed by atoms with van der Waals surface area (Å²) < 4.78 is 10.7. The molecule has 0 saturated carbocycles. The fourth-order valence-corrected chi connectivity index (χ4v) is 2.89. The van der Waals surface area contributed by atoms with E-state index in [1.54, 1.807) is 14.0 Å². The minimum atomic E-state index is -0.176. The summed E-state index contributed by atoms with van der Waals surface area (Å²) in [5.74, 6) is 1.15. The van der Waals surface area contributed by atoms with E-state index in [-0.39, 0.29) is 5.91 Å². The van der Waals surface area contributed by atoms with E-state index in [4.69, 9.17) is 9.26 Å². The van der Waals surface area contributed by atoms with Gasteiger partial charge in [0, 0.05) is 12.1 Å². The molecule has 0 aliphatic rings. The van der Waals surface area contributed by atoms with Gasteiger partial charge < -0.3 is 14.6 Å². The van der Waals surface area contributed by atoms with Crippen LogP contribution < -0.4 is 10.1 Å². The van der Waals surface area contributed by atoms with Crippen LogP contribution in [0.4, 0.5) is 0 Å². The molecule has 0 bridgehead atoms. The van der Waals surface area contributed by atoms with Gasteiger partial charge in [0.25, 0.3) is 5.91 Å². The zero-order valence-electron chi connectivity index (χ0n) is 15.2. The van der Waals surface area contributed by atoms with Crippen molar-refractivity contribution in [1.82, 2.24) is 10.5 Å². The van der Waals surface area contributed by atoms with Crippen LogP contribution in [-0.4, -0.2) is 24.7 Å². The van der Waals surface area contributed by atoms with Crippen molar-refractivity contribution in [1.29, 1.82) is 0 Å². The van der Waals surface area contributed by atoms with Crippen molar-refractivity contribution >= 4 is 5.91 Å². The number of benzene rings is 2. The third-order valence-corrected chi connectivity index (χ3v) is 4.31. The maximum atomic E-state index is 12.7. The molecule has 5 heteroatoms. The van der Waals surface area contributed by atoms with E-state index in [1.165, 1.54) is 0 Å². The van der Waals surface area contributed by atoms with Gasteiger partial charge in [0.15, 0.2) is 5.76 Å². The fraction of sp³-hybridized carbons (Fsp3) is 0.238. The summed E-state index contributed by atoms with van der Waals surface area (Å²) in [5, 5.41) is 6.95. The Bertz CT molecular complexity index is 915. The van der Waals surface area contributed by atoms with Crippen LogP contribution >= 0.6 is 0 Å². The van der Waals surface area contributed by atoms with E-state index in [0.717, 1.165) is 22.4 Å². The highest BCUT2D eigenvalue weighted by Crippen LogP contribution is 2.28. The van der Waals surface area contributed by atoms with Crippen LogP contribution in [0, 0.1) is 13.8 Å². The number of carbonyl (C=O) groups is 1. The maximum absolute atomic E-state index is 12.7. The number of aryl methyl sites for hydroxylation is 2. The Morgan fingerprint density at radius 1 is 1.15 bits per heavy atom. The number of nitrogens with one attached hydrogen (secondary N) is 1. The largest absolute Gasteiger partial charge is 0.497 e. The number of hydrogen-bond donors (Lipinski definition) is 1. The number of amides is 1. The highest BCUT2D eigenvalue weighted by molar-refractivity contribution is 6.00. The lowest BCUT2D eigenvalue weighted by molar-refractivity contribution is 0.0954. The van der Waals surface area contributed by atoms with Crippen LogP contribution in [0.25, 0.3) is 11.3 Å². The molecule has 0 fully saturated rings. The molecule has 26 heavy (non-hydrogen) atoms. The molecule has 1 N–H and O–H groups in total. The number of nitrogens with zero attached hydrogens (tertiary/aromatic N) is 1. The summed E-state index contributed by atoms with van der Waals surface area (Å²) in [5.41, 5.74) is 4.10. The Morgan fingerprint density at radius 2 is 1.96 bits per heavy atom. The predicted molar refractivity (Wildman–Crippen MR) is 100 cm³/mol. The second kappa shape index (κ2) is 7.87. The van der Waals surface area contributed by atoms with Gasteiger partial charge in [0.1, 0.15) is 11.3 Å². The summed E-state index contributed by atoms with van der Waals surface area (Å²) >= 11 is 0. The van der Waals surface area contributed by atoms with Gasteiger partial charge in [0.2, 0.25) is 0 Å². The lowest BCUT2D eigenvalue weighted by Gasteiger charge is -2.08. The van der Waals surface area contributed by atoms with Gasteiger partial charge in [-0.1, -0.05) is 41.6 Å². The summed E-state index contributed by atoms with van der Waals surface area (Å²) in [6, 6.07) is 15.6. The molecule has 2 aromatic carbocycles. The fourth-order valence-electron chi connectivity index (χ4n) is 2.89. The quantitative estimate of drug-likeness (QED) is 0.731. The van der Waals surface area contributed by atoms with Crippen LogP contribution in [0.5, 0.6) is 5.75 Å². The van der Waals surface area contributed by atoms with E-state index in [1.807, 2.05) is 55.5 Å². The van der Waals surface area contributed by atoms with Crippen LogP contribution in [0.2, 0.25) is 0 Å². The van der Waals surface area contributed by atoms with Crippen LogP contribution in [-0.2, 0) is 6.42 Å². The third kappa shape index (κ3) is 3.77. The molecular formula is C21H22N2O3. The average Bonchev–Trinajstić information content (AvgIpc) is 3.03. The second-order valence-electron chi connectivity index (χ2n) is 6.14. The summed E-state index contributed by atoms with van der Waals surface area (Å²) in [4.78, 5) is 12.7. The van der Waals surface area contributed by atoms with Gasteiger partial charge in [0.05, 0.1) is 12.8 Å². The monoisotopic (exact) mass is 350 g/mol. The molecule has 0 unspecified atom stereocenters. The first kappa shape index (κ1) is 17.7. The van der Waals surface area contributed by atoms with Crippen molar-refractivity contribution in [3.05, 3.63) is 70.9 Å². The van der Waals surface area contributed by atoms with Gasteiger partial charge in [-0.05, 0) is 43.5 Å². The normalized spacial score (nSPS) is 10.6. The lowest BCUT2D eigenvalue weighted by Crippen LogP contribution is -2.26. The summed E-state index contributed by atoms with van der Waals surface area (Å²) in [7, 11) is 1.64. The highest BCUT2D eigenvalue weighted by atomic mass is 16.5. The standard InChI is InChI=1S/C21H22N2O3/c1-14-7-4-5-10-18(14)20-19(15(2)23-26-20)21(24)22-12-11-16-8-6-9-17(13-16)25-3/h4-10,13H,11-12H2,1-3H3,(H,22,24). The van der Waals surface area contributed by atoms with Crippen molar-refractivity contribution in [3.63, 3.8) is 0 Å². The van der Waals surface area contributed by atoms with Crippen molar-refractivity contribution in [2.24, 2.45) is 0 Å². The number of carbonyl (C=O) groups excluding carboxylic acids is 1. The number of rotatable bonds is 6. The SMILES string of the molecule is COc1cccc(CCNC(=O)c2c(C)noc2-c2ccccc2C)c1. The molecule has 0 aliphatic heterocycles. The van der Waals surface area contributed by atoms with Gasteiger partial charge in [-0.25, -0.2) is 0 Å². The van der Waals surface area contributed by atoms with Gasteiger partial charge in [-0.3, -0.25) is 4.79 Å². The van der Waals surface area contributed by atoms with Crippen molar-refractivity contribution < 1.29 is 14.1 Å². The molecule has 0 saturated heterocycles. The Hall–Kier alpha value is -3.08. The van der Waals surface area contributed by atoms with E-state index in [0.29, 0.717) is 30.0 Å². The molecule has 1 aromatic heterocycles. The first-order valence-electron chi connectivity index (χ1n) is 8.53. The van der Waals surface area contributed by atoms with Gasteiger partial charge in [-0.2, -0.15) is 0 Å². The number of methoxy groups -OCH3 is 1. The first-order valence-corrected chi connectivity index (χ1v) is 8.53. The third-order valence-electron chi connectivity index (χ3n) is 4.31. The Labute approximate surface area is 153 Å². The van der Waals surface area contributed by atoms with E-state index in [2.05, 4.69) is 10.5 Å². The van der Waals surface area contributed by atoms with E-state index in [9.17, 15) is 4.79 Å². The first-order chi connectivity index (χ1) is 12.6. The molecule has 134 valence electrons. The summed E-state index contributed by atoms with van der Waals surface area (Å²) in [6.45, 7) is 4.28. The molecule has 3 aromatic rings. The Kier molecular flexibility index (Phi) is 5.37. The van der Waals surface area contributed by atoms with Crippen molar-refractivity contribution in [2.45, 2.75) is 20.3 Å². The smallest absolute Gasteiger partial charge is 0.257 e. The molecule has 0 atom stereocenters. The molecule has 1 amide bonds. The van der Waals surface area contributed by atoms with Gasteiger partial charge in [-0.15, -0.1) is 0 Å². The van der Waals surface area contributed by atoms with Crippen molar-refractivity contribution in [3.8, 4) is 17.1 Å². The molecule has 0 radical (unpaired) electrons. The molecule has 1 heterocycles. The predicted octanol–water partition coefficient (Wildman–Crippen LogP) is 3.94. The minimum Gasteiger partial charge on any atom is -0.497 e. The minimum absolute atomic E-state index is 0.176. The second-order valence-corrected chi connectivity index (χ2v) is 6.14. The maximum Gasteiger partial charge on any atom is 0.257 e. The molecular weight excluding hydrogens is 328 g/mol. The molecule has 0 spiro atoms. The zero-order valence-corrected chi connectivity index (χ0v) is 15.2. The number of ether oxygens (including phenoxy) is 1. The summed E-state index contributed by atoms with van der Waals surface area (Å²) in [6.07, 6.45) is 0.715. The molecule has 3 rings (SSSR count).